The van der Waals surface area contributed by atoms with Gasteiger partial charge in [0.15, 0.2) is 0 Å². The van der Waals surface area contributed by atoms with Crippen LogP contribution in [0.15, 0.2) is 59.4 Å². The molecule has 3 aromatic rings. The van der Waals surface area contributed by atoms with Crippen LogP contribution in [0.4, 0.5) is 5.69 Å². The number of hydrogen-bond donors (Lipinski definition) is 1. The average molecular weight is 350 g/mol. The number of pyridine rings is 1. The topological polar surface area (TPSA) is 77.4 Å². The van der Waals surface area contributed by atoms with Crippen LogP contribution >= 0.6 is 0 Å². The van der Waals surface area contributed by atoms with Gasteiger partial charge in [-0.2, -0.15) is 0 Å². The maximum absolute atomic E-state index is 12.4. The van der Waals surface area contributed by atoms with E-state index in [0.29, 0.717) is 16.8 Å². The van der Waals surface area contributed by atoms with E-state index in [4.69, 9.17) is 0 Å². The van der Waals surface area contributed by atoms with Crippen LogP contribution in [-0.4, -0.2) is 23.6 Å². The van der Waals surface area contributed by atoms with Gasteiger partial charge in [0.25, 0.3) is 5.56 Å². The zero-order valence-corrected chi connectivity index (χ0v) is 14.5. The molecule has 0 unspecified atom stereocenters. The number of fused-ring (bicyclic) bond motifs is 1. The summed E-state index contributed by atoms with van der Waals surface area (Å²) in [5.74, 6) is -0.771. The highest BCUT2D eigenvalue weighted by atomic mass is 16.5. The number of hydrogen-bond acceptors (Lipinski definition) is 4. The maximum Gasteiger partial charge on any atom is 0.337 e. The highest BCUT2D eigenvalue weighted by Crippen LogP contribution is 2.16. The number of rotatable bonds is 4. The van der Waals surface area contributed by atoms with Crippen molar-refractivity contribution in [1.82, 2.24) is 4.57 Å². The minimum atomic E-state index is -0.444. The lowest BCUT2D eigenvalue weighted by molar-refractivity contribution is -0.116. The van der Waals surface area contributed by atoms with Crippen molar-refractivity contribution in [1.29, 1.82) is 0 Å². The third-order valence-corrected chi connectivity index (χ3v) is 4.12. The van der Waals surface area contributed by atoms with Gasteiger partial charge in [0, 0.05) is 17.1 Å². The van der Waals surface area contributed by atoms with Gasteiger partial charge < -0.3 is 10.1 Å². The normalized spacial score (nSPS) is 10.5. The Morgan fingerprint density at radius 2 is 1.77 bits per heavy atom. The Hall–Kier alpha value is -3.41. The first-order valence-electron chi connectivity index (χ1n) is 8.07. The highest BCUT2D eigenvalue weighted by Gasteiger charge is 2.11. The van der Waals surface area contributed by atoms with Gasteiger partial charge in [0.05, 0.1) is 18.2 Å². The summed E-state index contributed by atoms with van der Waals surface area (Å²) in [6, 6.07) is 15.4. The summed E-state index contributed by atoms with van der Waals surface area (Å²) in [6.07, 6.45) is 0. The van der Waals surface area contributed by atoms with Crippen LogP contribution in [0.5, 0.6) is 0 Å². The third-order valence-electron chi connectivity index (χ3n) is 4.12. The summed E-state index contributed by atoms with van der Waals surface area (Å²) in [4.78, 5) is 36.1. The second-order valence-corrected chi connectivity index (χ2v) is 5.89. The minimum absolute atomic E-state index is 0.0988. The molecule has 0 saturated carbocycles. The van der Waals surface area contributed by atoms with Crippen molar-refractivity contribution in [2.75, 3.05) is 12.4 Å². The highest BCUT2D eigenvalue weighted by molar-refractivity contribution is 5.93. The Balaban J connectivity index is 1.82. The first-order chi connectivity index (χ1) is 12.5. The van der Waals surface area contributed by atoms with Crippen LogP contribution in [-0.2, 0) is 16.1 Å². The Morgan fingerprint density at radius 1 is 1.08 bits per heavy atom. The molecule has 0 aliphatic rings. The number of nitrogens with one attached hydrogen (secondary N) is 1. The monoisotopic (exact) mass is 350 g/mol. The molecule has 3 rings (SSSR count). The molecule has 6 heteroatoms. The van der Waals surface area contributed by atoms with Gasteiger partial charge in [0.2, 0.25) is 5.91 Å². The van der Waals surface area contributed by atoms with Gasteiger partial charge in [-0.25, -0.2) is 4.79 Å². The molecular formula is C20H18N2O4. The fourth-order valence-corrected chi connectivity index (χ4v) is 2.82. The van der Waals surface area contributed by atoms with Crippen LogP contribution in [0, 0.1) is 6.92 Å². The van der Waals surface area contributed by atoms with E-state index in [2.05, 4.69) is 10.1 Å². The lowest BCUT2D eigenvalue weighted by Crippen LogP contribution is -2.27. The molecule has 0 aliphatic heterocycles. The minimum Gasteiger partial charge on any atom is -0.465 e. The molecule has 132 valence electrons. The standard InChI is InChI=1S/C20H18N2O4/c1-13-11-19(24)22(17-6-4-3-5-16(13)17)12-18(23)21-15-9-7-14(8-10-15)20(25)26-2/h3-11H,12H2,1-2H3,(H,21,23). The molecule has 0 saturated heterocycles. The van der Waals surface area contributed by atoms with Crippen molar-refractivity contribution in [2.24, 2.45) is 0 Å². The van der Waals surface area contributed by atoms with Gasteiger partial charge >= 0.3 is 5.97 Å². The number of anilines is 1. The number of amides is 1. The number of ether oxygens (including phenoxy) is 1. The Morgan fingerprint density at radius 3 is 2.46 bits per heavy atom. The maximum atomic E-state index is 12.4. The fourth-order valence-electron chi connectivity index (χ4n) is 2.82. The van der Waals surface area contributed by atoms with E-state index in [1.807, 2.05) is 31.2 Å². The number of benzene rings is 2. The van der Waals surface area contributed by atoms with E-state index in [9.17, 15) is 14.4 Å². The molecule has 0 aliphatic carbocycles. The van der Waals surface area contributed by atoms with Gasteiger partial charge in [0.1, 0.15) is 6.54 Å². The van der Waals surface area contributed by atoms with Crippen molar-refractivity contribution in [3.05, 3.63) is 76.1 Å². The second kappa shape index (κ2) is 7.23. The lowest BCUT2D eigenvalue weighted by atomic mass is 10.1. The number of esters is 1. The molecule has 0 spiro atoms. The van der Waals surface area contributed by atoms with Gasteiger partial charge in [-0.3, -0.25) is 14.2 Å². The molecule has 1 amide bonds. The van der Waals surface area contributed by atoms with E-state index in [-0.39, 0.29) is 18.0 Å². The number of carbonyl (C=O) groups is 2. The van der Waals surface area contributed by atoms with Crippen LogP contribution in [0.3, 0.4) is 0 Å². The zero-order valence-electron chi connectivity index (χ0n) is 14.5. The number of carbonyl (C=O) groups excluding carboxylic acids is 2. The van der Waals surface area contributed by atoms with Crippen LogP contribution in [0.2, 0.25) is 0 Å². The molecule has 6 nitrogen and oxygen atoms in total. The summed E-state index contributed by atoms with van der Waals surface area (Å²) in [6.45, 7) is 1.77. The largest absolute Gasteiger partial charge is 0.465 e. The average Bonchev–Trinajstić information content (AvgIpc) is 2.65. The lowest BCUT2D eigenvalue weighted by Gasteiger charge is -2.12. The van der Waals surface area contributed by atoms with Crippen LogP contribution in [0.1, 0.15) is 15.9 Å². The summed E-state index contributed by atoms with van der Waals surface area (Å²) >= 11 is 0. The molecule has 0 bridgehead atoms. The molecule has 0 atom stereocenters. The number of methoxy groups -OCH3 is 1. The number of nitrogens with zero attached hydrogens (tertiary/aromatic N) is 1. The summed E-state index contributed by atoms with van der Waals surface area (Å²) < 4.78 is 6.08. The van der Waals surface area contributed by atoms with E-state index < -0.39 is 5.97 Å². The van der Waals surface area contributed by atoms with Crippen LogP contribution < -0.4 is 10.9 Å². The van der Waals surface area contributed by atoms with Crippen molar-refractivity contribution in [2.45, 2.75) is 13.5 Å². The van der Waals surface area contributed by atoms with Crippen molar-refractivity contribution < 1.29 is 14.3 Å². The van der Waals surface area contributed by atoms with Crippen molar-refractivity contribution >= 4 is 28.5 Å². The van der Waals surface area contributed by atoms with Crippen molar-refractivity contribution in [3.8, 4) is 0 Å². The number of para-hydroxylation sites is 1. The molecule has 1 heterocycles. The SMILES string of the molecule is COC(=O)c1ccc(NC(=O)Cn2c(=O)cc(C)c3ccccc32)cc1. The Kier molecular flexibility index (Phi) is 4.84. The van der Waals surface area contributed by atoms with Gasteiger partial charge in [-0.1, -0.05) is 18.2 Å². The predicted molar refractivity (Wildman–Crippen MR) is 99.4 cm³/mol. The predicted octanol–water partition coefficient (Wildman–Crippen LogP) is 2.74. The van der Waals surface area contributed by atoms with Crippen molar-refractivity contribution in [3.63, 3.8) is 0 Å². The first kappa shape index (κ1) is 17.4. The number of aromatic nitrogens is 1. The molecular weight excluding hydrogens is 332 g/mol. The summed E-state index contributed by atoms with van der Waals surface area (Å²) in [5, 5.41) is 3.66. The number of aryl methyl sites for hydroxylation is 1. The van der Waals surface area contributed by atoms with Gasteiger partial charge in [-0.05, 0) is 42.8 Å². The second-order valence-electron chi connectivity index (χ2n) is 5.89. The molecule has 0 fully saturated rings. The molecule has 2 aromatic carbocycles. The fraction of sp³-hybridized carbons (Fsp3) is 0.150. The van der Waals surface area contributed by atoms with Crippen LogP contribution in [0.25, 0.3) is 10.9 Å². The molecule has 1 aromatic heterocycles. The van der Waals surface area contributed by atoms with E-state index in [0.717, 1.165) is 10.9 Å². The molecule has 26 heavy (non-hydrogen) atoms. The molecule has 1 N–H and O–H groups in total. The van der Waals surface area contributed by atoms with E-state index in [1.165, 1.54) is 17.7 Å². The Labute approximate surface area is 150 Å². The Bertz CT molecular complexity index is 1040. The summed E-state index contributed by atoms with van der Waals surface area (Å²) in [5.41, 5.74) is 2.30. The zero-order chi connectivity index (χ0) is 18.7. The van der Waals surface area contributed by atoms with Gasteiger partial charge in [-0.15, -0.1) is 0 Å². The molecule has 0 radical (unpaired) electrons. The summed E-state index contributed by atoms with van der Waals surface area (Å²) in [7, 11) is 1.31. The smallest absolute Gasteiger partial charge is 0.337 e. The quantitative estimate of drug-likeness (QED) is 0.734. The third kappa shape index (κ3) is 3.49. The van der Waals surface area contributed by atoms with E-state index in [1.54, 1.807) is 24.3 Å². The van der Waals surface area contributed by atoms with E-state index >= 15 is 0 Å². The first-order valence-corrected chi connectivity index (χ1v) is 8.07.